The monoisotopic (exact) mass is 469 g/mol. The minimum atomic E-state index is -1.20. The topological polar surface area (TPSA) is 145 Å². The molecule has 0 saturated carbocycles. The second-order valence-electron chi connectivity index (χ2n) is 7.97. The highest BCUT2D eigenvalue weighted by molar-refractivity contribution is 6.22. The van der Waals surface area contributed by atoms with Crippen LogP contribution in [0.4, 0.5) is 11.4 Å². The number of rotatable bonds is 9. The van der Waals surface area contributed by atoms with Gasteiger partial charge >= 0.3 is 5.97 Å². The van der Waals surface area contributed by atoms with Gasteiger partial charge in [-0.15, -0.1) is 0 Å². The Kier molecular flexibility index (Phi) is 7.24. The van der Waals surface area contributed by atoms with Crippen molar-refractivity contribution in [3.8, 4) is 5.75 Å². The molecule has 1 unspecified atom stereocenters. The summed E-state index contributed by atoms with van der Waals surface area (Å²) < 4.78 is 10.2. The lowest BCUT2D eigenvalue weighted by molar-refractivity contribution is -0.384. The third-order valence-electron chi connectivity index (χ3n) is 5.12. The van der Waals surface area contributed by atoms with E-state index in [4.69, 9.17) is 9.47 Å². The van der Waals surface area contributed by atoms with Crippen LogP contribution in [0.15, 0.2) is 42.5 Å². The van der Waals surface area contributed by atoms with E-state index in [-0.39, 0.29) is 40.6 Å². The summed E-state index contributed by atoms with van der Waals surface area (Å²) in [6.07, 6.45) is 0.155. The predicted octanol–water partition coefficient (Wildman–Crippen LogP) is 2.80. The summed E-state index contributed by atoms with van der Waals surface area (Å²) in [7, 11) is 1.29. The molecule has 1 N–H and O–H groups in total. The number of nitro benzene ring substituents is 1. The van der Waals surface area contributed by atoms with Crippen LogP contribution in [0.3, 0.4) is 0 Å². The van der Waals surface area contributed by atoms with E-state index in [2.05, 4.69) is 5.32 Å². The highest BCUT2D eigenvalue weighted by Gasteiger charge is 2.43. The van der Waals surface area contributed by atoms with Gasteiger partial charge in [0.1, 0.15) is 11.8 Å². The van der Waals surface area contributed by atoms with Crippen molar-refractivity contribution in [1.82, 2.24) is 4.90 Å². The number of nitro groups is 1. The number of ether oxygens (including phenoxy) is 2. The average Bonchev–Trinajstić information content (AvgIpc) is 3.06. The molecule has 2 aromatic carbocycles. The first kappa shape index (κ1) is 24.4. The van der Waals surface area contributed by atoms with Crippen LogP contribution in [-0.4, -0.2) is 53.3 Å². The van der Waals surface area contributed by atoms with Crippen LogP contribution in [0, 0.1) is 16.0 Å². The molecule has 3 amide bonds. The zero-order valence-corrected chi connectivity index (χ0v) is 18.8. The van der Waals surface area contributed by atoms with Gasteiger partial charge in [-0.25, -0.2) is 4.79 Å². The van der Waals surface area contributed by atoms with Gasteiger partial charge in [-0.05, 0) is 30.5 Å². The Labute approximate surface area is 194 Å². The summed E-state index contributed by atoms with van der Waals surface area (Å²) in [6, 6.07) is 8.69. The van der Waals surface area contributed by atoms with E-state index < -0.39 is 41.3 Å². The minimum absolute atomic E-state index is 0.0533. The molecule has 0 radical (unpaired) electrons. The maximum absolute atomic E-state index is 12.9. The van der Waals surface area contributed by atoms with E-state index >= 15 is 0 Å². The van der Waals surface area contributed by atoms with Gasteiger partial charge in [-0.1, -0.05) is 26.0 Å². The number of anilines is 1. The Balaban J connectivity index is 1.70. The summed E-state index contributed by atoms with van der Waals surface area (Å²) >= 11 is 0. The zero-order chi connectivity index (χ0) is 25.0. The van der Waals surface area contributed by atoms with Crippen molar-refractivity contribution >= 4 is 35.1 Å². The fraction of sp³-hybridized carbons (Fsp3) is 0.304. The number of amides is 3. The number of benzene rings is 2. The van der Waals surface area contributed by atoms with Gasteiger partial charge in [0.2, 0.25) is 0 Å². The Morgan fingerprint density at radius 3 is 2.24 bits per heavy atom. The van der Waals surface area contributed by atoms with Crippen LogP contribution in [0.1, 0.15) is 41.0 Å². The molecule has 0 aromatic heterocycles. The first-order valence-corrected chi connectivity index (χ1v) is 10.4. The summed E-state index contributed by atoms with van der Waals surface area (Å²) in [4.78, 5) is 62.0. The Morgan fingerprint density at radius 1 is 1.09 bits per heavy atom. The zero-order valence-electron chi connectivity index (χ0n) is 18.8. The van der Waals surface area contributed by atoms with E-state index in [0.717, 1.165) is 11.0 Å². The number of esters is 1. The van der Waals surface area contributed by atoms with Crippen LogP contribution in [0.2, 0.25) is 0 Å². The molecule has 2 aromatic rings. The second kappa shape index (κ2) is 10.1. The summed E-state index contributed by atoms with van der Waals surface area (Å²) in [5, 5.41) is 13.4. The van der Waals surface area contributed by atoms with E-state index in [9.17, 15) is 29.3 Å². The minimum Gasteiger partial charge on any atom is -0.494 e. The van der Waals surface area contributed by atoms with Gasteiger partial charge in [0, 0.05) is 6.07 Å². The van der Waals surface area contributed by atoms with Crippen molar-refractivity contribution in [2.75, 3.05) is 19.0 Å². The number of fused-ring (bicyclic) bond motifs is 1. The smallest absolute Gasteiger partial charge is 0.329 e. The summed E-state index contributed by atoms with van der Waals surface area (Å²) in [5.41, 5.74) is 0.334. The largest absolute Gasteiger partial charge is 0.494 e. The lowest BCUT2D eigenvalue weighted by atomic mass is 10.0. The Morgan fingerprint density at radius 2 is 1.71 bits per heavy atom. The molecular weight excluding hydrogens is 446 g/mol. The quantitative estimate of drug-likeness (QED) is 0.255. The number of methoxy groups -OCH3 is 1. The molecule has 1 aliphatic rings. The normalized spacial score (nSPS) is 13.5. The third kappa shape index (κ3) is 5.03. The molecule has 1 heterocycles. The van der Waals surface area contributed by atoms with Crippen LogP contribution in [0.5, 0.6) is 5.75 Å². The van der Waals surface area contributed by atoms with Crippen LogP contribution >= 0.6 is 0 Å². The SMILES string of the molecule is COc1cc([N+](=O)[O-])ccc1NC(=O)COC(=O)C(CC(C)C)N1C(=O)c2ccccc2C1=O. The Hall–Kier alpha value is -4.28. The standard InChI is InChI=1S/C23H23N3O8/c1-13(2)10-18(25-21(28)15-6-4-5-7-16(15)22(25)29)23(30)34-12-20(27)24-17-9-8-14(26(31)32)11-19(17)33-3/h4-9,11,13,18H,10,12H2,1-3H3,(H,24,27). The molecule has 34 heavy (non-hydrogen) atoms. The van der Waals surface area contributed by atoms with Crippen molar-refractivity contribution in [1.29, 1.82) is 0 Å². The van der Waals surface area contributed by atoms with E-state index in [1.54, 1.807) is 12.1 Å². The van der Waals surface area contributed by atoms with Crippen molar-refractivity contribution in [3.63, 3.8) is 0 Å². The second-order valence-corrected chi connectivity index (χ2v) is 7.97. The first-order valence-electron chi connectivity index (χ1n) is 10.4. The van der Waals surface area contributed by atoms with Gasteiger partial charge in [0.05, 0.1) is 34.9 Å². The van der Waals surface area contributed by atoms with Crippen molar-refractivity contribution in [2.24, 2.45) is 5.92 Å². The molecule has 1 atom stereocenters. The van der Waals surface area contributed by atoms with Gasteiger partial charge < -0.3 is 14.8 Å². The van der Waals surface area contributed by atoms with Gasteiger partial charge in [0.25, 0.3) is 23.4 Å². The predicted molar refractivity (Wildman–Crippen MR) is 119 cm³/mol. The highest BCUT2D eigenvalue weighted by Crippen LogP contribution is 2.29. The van der Waals surface area contributed by atoms with Crippen molar-refractivity contribution in [2.45, 2.75) is 26.3 Å². The number of hydrogen-bond donors (Lipinski definition) is 1. The number of nitrogens with one attached hydrogen (secondary N) is 1. The lowest BCUT2D eigenvalue weighted by Gasteiger charge is -2.25. The van der Waals surface area contributed by atoms with Crippen LogP contribution < -0.4 is 10.1 Å². The number of carbonyl (C=O) groups excluding carboxylic acids is 4. The fourth-order valence-electron chi connectivity index (χ4n) is 3.56. The van der Waals surface area contributed by atoms with E-state index in [1.807, 2.05) is 13.8 Å². The molecule has 11 nitrogen and oxygen atoms in total. The van der Waals surface area contributed by atoms with Crippen LogP contribution in [-0.2, 0) is 14.3 Å². The molecule has 0 spiro atoms. The lowest BCUT2D eigenvalue weighted by Crippen LogP contribution is -2.46. The Bertz CT molecular complexity index is 1130. The van der Waals surface area contributed by atoms with Crippen molar-refractivity contribution < 1.29 is 33.6 Å². The summed E-state index contributed by atoms with van der Waals surface area (Å²) in [5.74, 6) is -2.82. The molecule has 1 aliphatic heterocycles. The molecule has 178 valence electrons. The average molecular weight is 469 g/mol. The van der Waals surface area contributed by atoms with Gasteiger partial charge in [0.15, 0.2) is 6.61 Å². The number of non-ortho nitro benzene ring substituents is 1. The maximum atomic E-state index is 12.9. The molecule has 3 rings (SSSR count). The van der Waals surface area contributed by atoms with Crippen molar-refractivity contribution in [3.05, 3.63) is 63.7 Å². The number of nitrogens with zero attached hydrogens (tertiary/aromatic N) is 2. The van der Waals surface area contributed by atoms with Gasteiger partial charge in [-0.3, -0.25) is 29.4 Å². The number of imide groups is 1. The number of hydrogen-bond acceptors (Lipinski definition) is 8. The fourth-order valence-corrected chi connectivity index (χ4v) is 3.56. The molecule has 0 saturated heterocycles. The molecule has 0 bridgehead atoms. The molecule has 0 aliphatic carbocycles. The molecule has 11 heteroatoms. The third-order valence-corrected chi connectivity index (χ3v) is 5.12. The van der Waals surface area contributed by atoms with E-state index in [0.29, 0.717) is 0 Å². The summed E-state index contributed by atoms with van der Waals surface area (Å²) in [6.45, 7) is 2.95. The van der Waals surface area contributed by atoms with E-state index in [1.165, 1.54) is 31.4 Å². The first-order chi connectivity index (χ1) is 16.1. The maximum Gasteiger partial charge on any atom is 0.329 e. The van der Waals surface area contributed by atoms with Crippen LogP contribution in [0.25, 0.3) is 0 Å². The molecular formula is C23H23N3O8. The highest BCUT2D eigenvalue weighted by atomic mass is 16.6. The molecule has 0 fully saturated rings. The number of carbonyl (C=O) groups is 4. The van der Waals surface area contributed by atoms with Gasteiger partial charge in [-0.2, -0.15) is 0 Å².